The number of rotatable bonds is 15. The van der Waals surface area contributed by atoms with Crippen LogP contribution in [0.5, 0.6) is 0 Å². The van der Waals surface area contributed by atoms with Gasteiger partial charge in [-0.3, -0.25) is 4.79 Å². The third-order valence-electron chi connectivity index (χ3n) is 3.83. The van der Waals surface area contributed by atoms with Crippen LogP contribution < -0.4 is 0 Å². The molecule has 0 heterocycles. The van der Waals surface area contributed by atoms with Crippen molar-refractivity contribution in [3.05, 3.63) is 12.2 Å². The second-order valence-electron chi connectivity index (χ2n) is 6.56. The second kappa shape index (κ2) is 15.6. The number of hydrogen-bond acceptors (Lipinski definition) is 1. The number of allylic oxidation sites excluding steroid dienone is 2. The summed E-state index contributed by atoms with van der Waals surface area (Å²) >= 11 is 0. The van der Waals surface area contributed by atoms with Gasteiger partial charge < -0.3 is 5.11 Å². The molecule has 1 N–H and O–H groups in total. The van der Waals surface area contributed by atoms with Crippen LogP contribution in [0.3, 0.4) is 0 Å². The number of carboxylic acid groups (broad SMARTS) is 1. The molecule has 0 rings (SSSR count). The number of aliphatic carboxylic acids is 1. The van der Waals surface area contributed by atoms with Crippen molar-refractivity contribution in [3.63, 3.8) is 0 Å². The lowest BCUT2D eigenvalue weighted by Crippen LogP contribution is -1.93. The molecule has 0 amide bonds. The molecule has 0 radical (unpaired) electrons. The van der Waals surface area contributed by atoms with Crippen molar-refractivity contribution in [1.82, 2.24) is 0 Å². The number of carbonyl (C=O) groups is 1. The summed E-state index contributed by atoms with van der Waals surface area (Å²) in [6.45, 7) is 4.59. The van der Waals surface area contributed by atoms with E-state index in [2.05, 4.69) is 26.0 Å². The molecule has 0 saturated heterocycles. The van der Waals surface area contributed by atoms with Gasteiger partial charge in [0.15, 0.2) is 0 Å². The van der Waals surface area contributed by atoms with E-state index in [9.17, 15) is 4.79 Å². The molecule has 124 valence electrons. The Labute approximate surface area is 132 Å². The van der Waals surface area contributed by atoms with Gasteiger partial charge in [-0.25, -0.2) is 0 Å². The second-order valence-corrected chi connectivity index (χ2v) is 6.56. The molecule has 0 aromatic heterocycles. The van der Waals surface area contributed by atoms with E-state index in [1.807, 2.05) is 0 Å². The maximum Gasteiger partial charge on any atom is 0.303 e. The van der Waals surface area contributed by atoms with Gasteiger partial charge in [0, 0.05) is 6.42 Å². The van der Waals surface area contributed by atoms with E-state index in [1.54, 1.807) is 0 Å². The summed E-state index contributed by atoms with van der Waals surface area (Å²) in [5.41, 5.74) is 0. The van der Waals surface area contributed by atoms with Crippen LogP contribution in [0.25, 0.3) is 0 Å². The summed E-state index contributed by atoms with van der Waals surface area (Å²) in [7, 11) is 0. The zero-order chi connectivity index (χ0) is 15.8. The third kappa shape index (κ3) is 19.2. The summed E-state index contributed by atoms with van der Waals surface area (Å²) < 4.78 is 0. The third-order valence-corrected chi connectivity index (χ3v) is 3.83. The summed E-state index contributed by atoms with van der Waals surface area (Å²) in [6.07, 6.45) is 19.9. The van der Waals surface area contributed by atoms with Gasteiger partial charge in [0.25, 0.3) is 0 Å². The Balaban J connectivity index is 3.09. The molecule has 2 nitrogen and oxygen atoms in total. The summed E-state index contributed by atoms with van der Waals surface area (Å²) in [5.74, 6) is 0.184. The fourth-order valence-electron chi connectivity index (χ4n) is 2.47. The maximum atomic E-state index is 10.3. The normalized spacial score (nSPS) is 11.6. The lowest BCUT2D eigenvalue weighted by molar-refractivity contribution is -0.137. The van der Waals surface area contributed by atoms with Gasteiger partial charge >= 0.3 is 5.97 Å². The van der Waals surface area contributed by atoms with Crippen molar-refractivity contribution in [2.24, 2.45) is 5.92 Å². The highest BCUT2D eigenvalue weighted by atomic mass is 16.4. The first-order chi connectivity index (χ1) is 10.1. The van der Waals surface area contributed by atoms with Crippen LogP contribution in [-0.4, -0.2) is 11.1 Å². The molecular weight excluding hydrogens is 260 g/mol. The highest BCUT2D eigenvalue weighted by molar-refractivity contribution is 5.66. The van der Waals surface area contributed by atoms with Gasteiger partial charge in [0.2, 0.25) is 0 Å². The fraction of sp³-hybridized carbons (Fsp3) is 0.842. The standard InChI is InChI=1S/C19H36O2/c1-18(2)16-14-12-10-8-6-4-3-5-7-9-11-13-15-17-19(20)21/h6,8,18H,3-5,7,9-17H2,1-2H3,(H,20,21). The van der Waals surface area contributed by atoms with Crippen molar-refractivity contribution >= 4 is 5.97 Å². The molecule has 0 aromatic carbocycles. The Kier molecular flexibility index (Phi) is 15.0. The topological polar surface area (TPSA) is 37.3 Å². The first kappa shape index (κ1) is 20.2. The summed E-state index contributed by atoms with van der Waals surface area (Å²) in [5, 5.41) is 8.52. The van der Waals surface area contributed by atoms with Crippen LogP contribution in [0.4, 0.5) is 0 Å². The van der Waals surface area contributed by atoms with E-state index in [-0.39, 0.29) is 0 Å². The van der Waals surface area contributed by atoms with Crippen LogP contribution in [0.15, 0.2) is 12.2 Å². The van der Waals surface area contributed by atoms with Crippen LogP contribution >= 0.6 is 0 Å². The number of unbranched alkanes of at least 4 members (excludes halogenated alkanes) is 9. The van der Waals surface area contributed by atoms with E-state index >= 15 is 0 Å². The van der Waals surface area contributed by atoms with Gasteiger partial charge in [-0.15, -0.1) is 0 Å². The minimum absolute atomic E-state index is 0.335. The molecule has 0 aliphatic rings. The Hall–Kier alpha value is -0.790. The SMILES string of the molecule is CC(C)CCCCC=CCCCCCCCCCC(=O)O. The minimum Gasteiger partial charge on any atom is -0.481 e. The lowest BCUT2D eigenvalue weighted by atomic mass is 10.0. The zero-order valence-electron chi connectivity index (χ0n) is 14.3. The molecule has 0 fully saturated rings. The molecule has 0 unspecified atom stereocenters. The first-order valence-corrected chi connectivity index (χ1v) is 8.99. The van der Waals surface area contributed by atoms with Gasteiger partial charge in [-0.05, 0) is 38.0 Å². The van der Waals surface area contributed by atoms with Crippen molar-refractivity contribution in [2.75, 3.05) is 0 Å². The van der Waals surface area contributed by atoms with E-state index in [4.69, 9.17) is 5.11 Å². The van der Waals surface area contributed by atoms with E-state index in [0.29, 0.717) is 6.42 Å². The molecule has 0 spiro atoms. The molecular formula is C19H36O2. The highest BCUT2D eigenvalue weighted by Crippen LogP contribution is 2.11. The molecule has 21 heavy (non-hydrogen) atoms. The molecule has 0 aliphatic heterocycles. The van der Waals surface area contributed by atoms with Gasteiger partial charge in [-0.2, -0.15) is 0 Å². The molecule has 0 atom stereocenters. The molecule has 0 bridgehead atoms. The predicted octanol–water partition coefficient (Wildman–Crippen LogP) is 6.35. The predicted molar refractivity (Wildman–Crippen MR) is 91.6 cm³/mol. The van der Waals surface area contributed by atoms with Crippen LogP contribution in [-0.2, 0) is 4.79 Å². The fourth-order valence-corrected chi connectivity index (χ4v) is 2.47. The largest absolute Gasteiger partial charge is 0.481 e. The average molecular weight is 296 g/mol. The van der Waals surface area contributed by atoms with Gasteiger partial charge in [0.05, 0.1) is 0 Å². The summed E-state index contributed by atoms with van der Waals surface area (Å²) in [4.78, 5) is 10.3. The number of carboxylic acids is 1. The van der Waals surface area contributed by atoms with Crippen molar-refractivity contribution < 1.29 is 9.90 Å². The van der Waals surface area contributed by atoms with Crippen LogP contribution in [0.1, 0.15) is 97.3 Å². The smallest absolute Gasteiger partial charge is 0.303 e. The molecule has 0 aliphatic carbocycles. The Morgan fingerprint density at radius 3 is 1.81 bits per heavy atom. The van der Waals surface area contributed by atoms with Crippen molar-refractivity contribution in [3.8, 4) is 0 Å². The zero-order valence-corrected chi connectivity index (χ0v) is 14.3. The first-order valence-electron chi connectivity index (χ1n) is 8.99. The molecule has 2 heteroatoms. The summed E-state index contributed by atoms with van der Waals surface area (Å²) in [6, 6.07) is 0. The van der Waals surface area contributed by atoms with Crippen LogP contribution in [0.2, 0.25) is 0 Å². The maximum absolute atomic E-state index is 10.3. The quantitative estimate of drug-likeness (QED) is 0.282. The highest BCUT2D eigenvalue weighted by Gasteiger charge is 1.96. The lowest BCUT2D eigenvalue weighted by Gasteiger charge is -2.02. The van der Waals surface area contributed by atoms with Crippen molar-refractivity contribution in [2.45, 2.75) is 97.3 Å². The van der Waals surface area contributed by atoms with E-state index < -0.39 is 5.97 Å². The number of hydrogen-bond donors (Lipinski definition) is 1. The monoisotopic (exact) mass is 296 g/mol. The average Bonchev–Trinajstić information content (AvgIpc) is 2.42. The minimum atomic E-state index is -0.661. The molecule has 0 aromatic rings. The molecule has 0 saturated carbocycles. The van der Waals surface area contributed by atoms with E-state index in [1.165, 1.54) is 64.2 Å². The van der Waals surface area contributed by atoms with Crippen molar-refractivity contribution in [1.29, 1.82) is 0 Å². The van der Waals surface area contributed by atoms with Crippen LogP contribution in [0, 0.1) is 5.92 Å². The van der Waals surface area contributed by atoms with E-state index in [0.717, 1.165) is 18.8 Å². The Morgan fingerprint density at radius 1 is 0.810 bits per heavy atom. The van der Waals surface area contributed by atoms with Gasteiger partial charge in [0.1, 0.15) is 0 Å². The Bertz CT molecular complexity index is 256. The Morgan fingerprint density at radius 2 is 1.29 bits per heavy atom. The van der Waals surface area contributed by atoms with Gasteiger partial charge in [-0.1, -0.05) is 70.9 Å².